The zero-order valence-corrected chi connectivity index (χ0v) is 10.2. The van der Waals surface area contributed by atoms with Gasteiger partial charge in [0.25, 0.3) is 0 Å². The van der Waals surface area contributed by atoms with Gasteiger partial charge in [-0.2, -0.15) is 5.26 Å². The molecule has 0 atom stereocenters. The Morgan fingerprint density at radius 2 is 2.21 bits per heavy atom. The van der Waals surface area contributed by atoms with Gasteiger partial charge < -0.3 is 10.1 Å². The van der Waals surface area contributed by atoms with Crippen molar-refractivity contribution < 1.29 is 5.11 Å². The van der Waals surface area contributed by atoms with Crippen molar-refractivity contribution in [2.75, 3.05) is 0 Å². The van der Waals surface area contributed by atoms with E-state index in [1.165, 1.54) is 6.20 Å². The minimum Gasteiger partial charge on any atom is -0.492 e. The Morgan fingerprint density at radius 3 is 2.95 bits per heavy atom. The second kappa shape index (κ2) is 4.10. The molecule has 0 saturated heterocycles. The third kappa shape index (κ3) is 1.70. The van der Waals surface area contributed by atoms with E-state index < -0.39 is 0 Å². The van der Waals surface area contributed by atoms with E-state index in [-0.39, 0.29) is 5.88 Å². The molecule has 0 radical (unpaired) electrons. The summed E-state index contributed by atoms with van der Waals surface area (Å²) >= 11 is 0. The Morgan fingerprint density at radius 1 is 1.37 bits per heavy atom. The van der Waals surface area contributed by atoms with E-state index in [0.717, 1.165) is 16.5 Å². The van der Waals surface area contributed by atoms with Crippen LogP contribution in [0.15, 0.2) is 30.6 Å². The van der Waals surface area contributed by atoms with Gasteiger partial charge in [-0.1, -0.05) is 12.1 Å². The first kappa shape index (κ1) is 11.2. The van der Waals surface area contributed by atoms with E-state index in [1.54, 1.807) is 19.2 Å². The molecule has 0 fully saturated rings. The maximum Gasteiger partial charge on any atom is 0.232 e. The first-order valence-electron chi connectivity index (χ1n) is 5.74. The number of nitrogens with one attached hydrogen (secondary N) is 1. The summed E-state index contributed by atoms with van der Waals surface area (Å²) in [4.78, 5) is 11.3. The third-order valence-electron chi connectivity index (χ3n) is 3.03. The molecule has 5 heteroatoms. The molecular formula is C14H10N4O. The van der Waals surface area contributed by atoms with Crippen LogP contribution in [0.4, 0.5) is 0 Å². The van der Waals surface area contributed by atoms with Crippen LogP contribution < -0.4 is 0 Å². The van der Waals surface area contributed by atoms with E-state index in [4.69, 9.17) is 5.26 Å². The molecule has 2 N–H and O–H groups in total. The van der Waals surface area contributed by atoms with Gasteiger partial charge in [-0.15, -0.1) is 0 Å². The van der Waals surface area contributed by atoms with E-state index >= 15 is 0 Å². The summed E-state index contributed by atoms with van der Waals surface area (Å²) in [5.41, 5.74) is 3.38. The SMILES string of the molecule is Cc1nc(-c2c[nH]c3c(C#N)cccc23)cnc1O. The summed E-state index contributed by atoms with van der Waals surface area (Å²) in [6.45, 7) is 1.70. The molecule has 3 aromatic rings. The highest BCUT2D eigenvalue weighted by Crippen LogP contribution is 2.29. The molecule has 0 aliphatic heterocycles. The van der Waals surface area contributed by atoms with Crippen molar-refractivity contribution in [3.63, 3.8) is 0 Å². The normalized spacial score (nSPS) is 10.5. The van der Waals surface area contributed by atoms with Crippen molar-refractivity contribution in [2.45, 2.75) is 6.92 Å². The van der Waals surface area contributed by atoms with Crippen LogP contribution in [0.2, 0.25) is 0 Å². The number of nitriles is 1. The lowest BCUT2D eigenvalue weighted by Gasteiger charge is -2.01. The number of benzene rings is 1. The van der Waals surface area contributed by atoms with Crippen molar-refractivity contribution in [3.05, 3.63) is 41.9 Å². The molecule has 19 heavy (non-hydrogen) atoms. The van der Waals surface area contributed by atoms with E-state index in [9.17, 15) is 5.11 Å². The number of aromatic amines is 1. The predicted octanol–water partition coefficient (Wildman–Crippen LogP) is 2.51. The number of para-hydroxylation sites is 1. The molecule has 0 amide bonds. The largest absolute Gasteiger partial charge is 0.492 e. The molecule has 5 nitrogen and oxygen atoms in total. The monoisotopic (exact) mass is 250 g/mol. The number of aromatic nitrogens is 3. The Hall–Kier alpha value is -2.87. The lowest BCUT2D eigenvalue weighted by Crippen LogP contribution is -1.89. The van der Waals surface area contributed by atoms with Crippen LogP contribution >= 0.6 is 0 Å². The molecule has 92 valence electrons. The Balaban J connectivity index is 2.26. The van der Waals surface area contributed by atoms with Gasteiger partial charge in [-0.25, -0.2) is 9.97 Å². The number of rotatable bonds is 1. The fraction of sp³-hybridized carbons (Fsp3) is 0.0714. The summed E-state index contributed by atoms with van der Waals surface area (Å²) < 4.78 is 0. The van der Waals surface area contributed by atoms with Crippen molar-refractivity contribution in [1.82, 2.24) is 15.0 Å². The van der Waals surface area contributed by atoms with Gasteiger partial charge in [0.05, 0.1) is 28.7 Å². The van der Waals surface area contributed by atoms with Crippen LogP contribution in [0.1, 0.15) is 11.3 Å². The van der Waals surface area contributed by atoms with Crippen molar-refractivity contribution in [3.8, 4) is 23.2 Å². The summed E-state index contributed by atoms with van der Waals surface area (Å²) in [7, 11) is 0. The molecule has 0 bridgehead atoms. The van der Waals surface area contributed by atoms with E-state index in [0.29, 0.717) is 17.0 Å². The number of hydrogen-bond donors (Lipinski definition) is 2. The zero-order chi connectivity index (χ0) is 13.4. The predicted molar refractivity (Wildman–Crippen MR) is 70.4 cm³/mol. The quantitative estimate of drug-likeness (QED) is 0.694. The highest BCUT2D eigenvalue weighted by molar-refractivity contribution is 5.97. The Bertz CT molecular complexity index is 814. The minimum absolute atomic E-state index is 0.0682. The summed E-state index contributed by atoms with van der Waals surface area (Å²) in [6, 6.07) is 7.66. The molecule has 0 spiro atoms. The van der Waals surface area contributed by atoms with Crippen LogP contribution in [0, 0.1) is 18.3 Å². The van der Waals surface area contributed by atoms with Crippen LogP contribution in [-0.2, 0) is 0 Å². The van der Waals surface area contributed by atoms with Gasteiger partial charge in [0, 0.05) is 17.1 Å². The molecule has 2 aromatic heterocycles. The van der Waals surface area contributed by atoms with Crippen molar-refractivity contribution >= 4 is 10.9 Å². The smallest absolute Gasteiger partial charge is 0.232 e. The number of hydrogen-bond acceptors (Lipinski definition) is 4. The fourth-order valence-electron chi connectivity index (χ4n) is 2.06. The number of nitrogens with zero attached hydrogens (tertiary/aromatic N) is 3. The van der Waals surface area contributed by atoms with Crippen LogP contribution in [-0.4, -0.2) is 20.1 Å². The maximum absolute atomic E-state index is 9.41. The van der Waals surface area contributed by atoms with Crippen LogP contribution in [0.25, 0.3) is 22.2 Å². The molecule has 0 saturated carbocycles. The first-order valence-corrected chi connectivity index (χ1v) is 5.74. The number of aromatic hydroxyl groups is 1. The molecule has 0 aliphatic carbocycles. The van der Waals surface area contributed by atoms with Crippen LogP contribution in [0.3, 0.4) is 0 Å². The standard InChI is InChI=1S/C14H10N4O/c1-8-14(19)17-7-12(18-8)11-6-16-13-9(5-15)3-2-4-10(11)13/h2-4,6-7,16H,1H3,(H,17,19). The van der Waals surface area contributed by atoms with Gasteiger partial charge in [-0.05, 0) is 13.0 Å². The van der Waals surface area contributed by atoms with Gasteiger partial charge in [0.1, 0.15) is 6.07 Å². The Kier molecular flexibility index (Phi) is 2.43. The molecule has 1 aromatic carbocycles. The molecule has 3 rings (SSSR count). The minimum atomic E-state index is -0.0682. The number of fused-ring (bicyclic) bond motifs is 1. The van der Waals surface area contributed by atoms with Gasteiger partial charge >= 0.3 is 0 Å². The van der Waals surface area contributed by atoms with Crippen molar-refractivity contribution in [2.24, 2.45) is 0 Å². The molecule has 0 unspecified atom stereocenters. The lowest BCUT2D eigenvalue weighted by atomic mass is 10.1. The summed E-state index contributed by atoms with van der Waals surface area (Å²) in [5.74, 6) is -0.0682. The zero-order valence-electron chi connectivity index (χ0n) is 10.2. The number of H-pyrrole nitrogens is 1. The summed E-state index contributed by atoms with van der Waals surface area (Å²) in [6.07, 6.45) is 3.32. The average molecular weight is 250 g/mol. The Labute approximate surface area is 109 Å². The van der Waals surface area contributed by atoms with E-state index in [2.05, 4.69) is 21.0 Å². The van der Waals surface area contributed by atoms with Crippen LogP contribution in [0.5, 0.6) is 5.88 Å². The first-order chi connectivity index (χ1) is 9.20. The highest BCUT2D eigenvalue weighted by Gasteiger charge is 2.11. The average Bonchev–Trinajstić information content (AvgIpc) is 2.85. The summed E-state index contributed by atoms with van der Waals surface area (Å²) in [5, 5.41) is 19.4. The van der Waals surface area contributed by atoms with Gasteiger partial charge in [0.15, 0.2) is 0 Å². The highest BCUT2D eigenvalue weighted by atomic mass is 16.3. The number of aryl methyl sites for hydroxylation is 1. The fourth-order valence-corrected chi connectivity index (χ4v) is 2.06. The molecule has 2 heterocycles. The molecular weight excluding hydrogens is 240 g/mol. The lowest BCUT2D eigenvalue weighted by molar-refractivity contribution is 0.445. The second-order valence-electron chi connectivity index (χ2n) is 4.21. The third-order valence-corrected chi connectivity index (χ3v) is 3.03. The maximum atomic E-state index is 9.41. The molecule has 0 aliphatic rings. The topological polar surface area (TPSA) is 85.6 Å². The second-order valence-corrected chi connectivity index (χ2v) is 4.21. The van der Waals surface area contributed by atoms with Gasteiger partial charge in [0.2, 0.25) is 5.88 Å². The van der Waals surface area contributed by atoms with Gasteiger partial charge in [-0.3, -0.25) is 0 Å². The van der Waals surface area contributed by atoms with E-state index in [1.807, 2.05) is 12.1 Å². The van der Waals surface area contributed by atoms with Crippen molar-refractivity contribution in [1.29, 1.82) is 5.26 Å².